The number of hydrogen-bond donors (Lipinski definition) is 6. The summed E-state index contributed by atoms with van der Waals surface area (Å²) in [6.07, 6.45) is 41.1. The lowest BCUT2D eigenvalue weighted by Crippen LogP contribution is -2.66. The average molecular weight is 1470 g/mol. The lowest BCUT2D eigenvalue weighted by atomic mass is 9.96. The molecule has 0 bridgehead atoms. The molecule has 21 heteroatoms. The van der Waals surface area contributed by atoms with Crippen LogP contribution in [0.2, 0.25) is 0 Å². The highest BCUT2D eigenvalue weighted by Crippen LogP contribution is 2.38. The monoisotopic (exact) mass is 1470 g/mol. The molecule has 102 heavy (non-hydrogen) atoms. The van der Waals surface area contributed by atoms with E-state index in [-0.39, 0.29) is 38.1 Å². The van der Waals surface area contributed by atoms with Crippen LogP contribution in [-0.2, 0) is 66.3 Å². The standard InChI is InChI=1S/C81H153N2O18P/c1-7-13-19-25-31-34-40-43-49-55-68(97-74(87)58-52-46-37-28-22-16-10-4)61-72(85)82-67(64-84)65-95-81-78(83-73(86)62-69(56-50-44-41-35-32-26-20-14-8-2)98-75(88)59-53-47-38-29-23-17-11-5)80(79(91)71(100-81)66-96-102(92,93)94)101-77(90)63-70(57-51-45-42-36-33-27-21-15-9-3)99-76(89)60-54-48-39-30-24-18-12-6/h67-71,78-81,84,91H,7-66H2,1-6H3,(H,82,85)(H,83,86)(H2,92,93,94)/t67-,68-,69-,70-,71-,78+,79-,80-,81+/m1/s1. The number of phosphoric acid groups is 1. The van der Waals surface area contributed by atoms with Gasteiger partial charge < -0.3 is 59.1 Å². The summed E-state index contributed by atoms with van der Waals surface area (Å²) in [6, 6.07) is -2.72. The van der Waals surface area contributed by atoms with Crippen LogP contribution in [-0.4, -0.2) is 131 Å². The van der Waals surface area contributed by atoms with E-state index in [1.165, 1.54) is 77.0 Å². The Morgan fingerprint density at radius 1 is 0.412 bits per heavy atom. The van der Waals surface area contributed by atoms with Crippen molar-refractivity contribution in [1.82, 2.24) is 10.6 Å². The molecule has 6 N–H and O–H groups in total. The van der Waals surface area contributed by atoms with Crippen molar-refractivity contribution in [3.8, 4) is 0 Å². The number of aliphatic hydroxyl groups excluding tert-OH is 2. The summed E-state index contributed by atoms with van der Waals surface area (Å²) in [5.74, 6) is -3.39. The lowest BCUT2D eigenvalue weighted by molar-refractivity contribution is -0.274. The van der Waals surface area contributed by atoms with Crippen molar-refractivity contribution in [2.24, 2.45) is 0 Å². The molecule has 20 nitrogen and oxygen atoms in total. The maximum atomic E-state index is 14.8. The molecule has 1 heterocycles. The van der Waals surface area contributed by atoms with Crippen LogP contribution in [0.1, 0.15) is 408 Å². The van der Waals surface area contributed by atoms with Crippen molar-refractivity contribution in [3.63, 3.8) is 0 Å². The summed E-state index contributed by atoms with van der Waals surface area (Å²) in [7, 11) is -5.22. The van der Waals surface area contributed by atoms with Crippen molar-refractivity contribution < 1.29 is 86.3 Å². The van der Waals surface area contributed by atoms with Gasteiger partial charge in [-0.05, 0) is 57.8 Å². The number of rotatable bonds is 73. The smallest absolute Gasteiger partial charge is 0.462 e. The number of phosphoric ester groups is 1. The minimum Gasteiger partial charge on any atom is -0.462 e. The van der Waals surface area contributed by atoms with Gasteiger partial charge in [-0.25, -0.2) is 4.57 Å². The molecule has 0 saturated carbocycles. The van der Waals surface area contributed by atoms with Crippen LogP contribution in [0, 0.1) is 0 Å². The maximum Gasteiger partial charge on any atom is 0.469 e. The van der Waals surface area contributed by atoms with Gasteiger partial charge >= 0.3 is 31.7 Å². The Morgan fingerprint density at radius 3 is 1.04 bits per heavy atom. The summed E-state index contributed by atoms with van der Waals surface area (Å²) in [5, 5.41) is 28.8. The summed E-state index contributed by atoms with van der Waals surface area (Å²) in [5.41, 5.74) is 0. The first kappa shape index (κ1) is 96.8. The van der Waals surface area contributed by atoms with Crippen molar-refractivity contribution in [2.45, 2.75) is 463 Å². The normalized spacial score (nSPS) is 17.4. The summed E-state index contributed by atoms with van der Waals surface area (Å²) in [4.78, 5) is 104. The van der Waals surface area contributed by atoms with Crippen LogP contribution >= 0.6 is 7.82 Å². The second-order valence-electron chi connectivity index (χ2n) is 29.6. The van der Waals surface area contributed by atoms with E-state index < -0.39 is 119 Å². The highest BCUT2D eigenvalue weighted by atomic mass is 31.2. The van der Waals surface area contributed by atoms with E-state index in [0.717, 1.165) is 199 Å². The van der Waals surface area contributed by atoms with Crippen LogP contribution < -0.4 is 10.6 Å². The van der Waals surface area contributed by atoms with E-state index in [1.54, 1.807) is 0 Å². The molecular weight excluding hydrogens is 1320 g/mol. The minimum atomic E-state index is -5.22. The van der Waals surface area contributed by atoms with Gasteiger partial charge in [-0.1, -0.05) is 311 Å². The van der Waals surface area contributed by atoms with E-state index in [1.807, 2.05) is 0 Å². The Kier molecular flexibility index (Phi) is 63.7. The number of amides is 2. The van der Waals surface area contributed by atoms with E-state index in [2.05, 4.69) is 52.2 Å². The van der Waals surface area contributed by atoms with Gasteiger partial charge in [-0.2, -0.15) is 0 Å². The third-order valence-corrected chi connectivity index (χ3v) is 20.2. The van der Waals surface area contributed by atoms with E-state index in [0.29, 0.717) is 51.4 Å². The van der Waals surface area contributed by atoms with Crippen LogP contribution in [0.25, 0.3) is 0 Å². The molecule has 1 rings (SSSR count). The van der Waals surface area contributed by atoms with Gasteiger partial charge in [-0.15, -0.1) is 0 Å². The molecular formula is C81H153N2O18P. The molecule has 1 fully saturated rings. The molecule has 0 unspecified atom stereocenters. The molecule has 0 aliphatic carbocycles. The molecule has 600 valence electrons. The summed E-state index contributed by atoms with van der Waals surface area (Å²) in [6.45, 7) is 11.0. The van der Waals surface area contributed by atoms with Gasteiger partial charge in [0.05, 0.1) is 45.1 Å². The van der Waals surface area contributed by atoms with Crippen molar-refractivity contribution in [3.05, 3.63) is 0 Å². The zero-order chi connectivity index (χ0) is 75.0. The van der Waals surface area contributed by atoms with Gasteiger partial charge in [-0.3, -0.25) is 33.3 Å². The molecule has 9 atom stereocenters. The fraction of sp³-hybridized carbons (Fsp3) is 0.926. The summed E-state index contributed by atoms with van der Waals surface area (Å²) >= 11 is 0. The lowest BCUT2D eigenvalue weighted by Gasteiger charge is -2.44. The van der Waals surface area contributed by atoms with Gasteiger partial charge in [0.15, 0.2) is 12.4 Å². The second kappa shape index (κ2) is 67.1. The minimum absolute atomic E-state index is 0.167. The average Bonchev–Trinajstić information content (AvgIpc) is 0.791. The van der Waals surface area contributed by atoms with Gasteiger partial charge in [0.1, 0.15) is 36.6 Å². The maximum absolute atomic E-state index is 14.8. The number of carbonyl (C=O) groups is 6. The number of nitrogens with one attached hydrogen (secondary N) is 2. The molecule has 1 aliphatic heterocycles. The molecule has 1 saturated heterocycles. The van der Waals surface area contributed by atoms with Crippen molar-refractivity contribution in [2.75, 3.05) is 19.8 Å². The fourth-order valence-corrected chi connectivity index (χ4v) is 13.8. The van der Waals surface area contributed by atoms with Crippen molar-refractivity contribution in [1.29, 1.82) is 0 Å². The van der Waals surface area contributed by atoms with E-state index >= 15 is 0 Å². The third-order valence-electron chi connectivity index (χ3n) is 19.7. The molecule has 1 aliphatic rings. The van der Waals surface area contributed by atoms with E-state index in [4.69, 9.17) is 32.9 Å². The Hall–Kier alpha value is -3.23. The number of hydrogen-bond acceptors (Lipinski definition) is 16. The number of ether oxygens (including phenoxy) is 6. The molecule has 0 radical (unpaired) electrons. The van der Waals surface area contributed by atoms with Gasteiger partial charge in [0, 0.05) is 19.3 Å². The van der Waals surface area contributed by atoms with Crippen LogP contribution in [0.3, 0.4) is 0 Å². The molecule has 0 aromatic rings. The highest BCUT2D eigenvalue weighted by molar-refractivity contribution is 7.46. The molecule has 2 amide bonds. The molecule has 0 aromatic carbocycles. The van der Waals surface area contributed by atoms with Crippen LogP contribution in [0.4, 0.5) is 0 Å². The zero-order valence-corrected chi connectivity index (χ0v) is 66.5. The Morgan fingerprint density at radius 2 is 0.716 bits per heavy atom. The number of aliphatic hydroxyl groups is 2. The van der Waals surface area contributed by atoms with Crippen molar-refractivity contribution >= 4 is 43.5 Å². The first-order valence-corrected chi connectivity index (χ1v) is 43.6. The highest BCUT2D eigenvalue weighted by Gasteiger charge is 2.50. The SMILES string of the molecule is CCCCCCCCCCC[C@H](CC(=O)N[C@H](CO)CO[C@H]1O[C@H](COP(=O)(O)O)[C@@H](O)[C@H](OC(=O)C[C@@H](CCCCCCCCCCC)OC(=O)CCCCCCCCC)[C@@H]1NC(=O)C[C@@H](CCCCCCCCCCC)OC(=O)CCCCCCCCC)OC(=O)CCCCCCCCC. The predicted octanol–water partition coefficient (Wildman–Crippen LogP) is 19.2. The predicted molar refractivity (Wildman–Crippen MR) is 406 cm³/mol. The van der Waals surface area contributed by atoms with E-state index in [9.17, 15) is 53.3 Å². The quantitative estimate of drug-likeness (QED) is 0.0143. The Balaban J connectivity index is 3.77. The van der Waals surface area contributed by atoms with Crippen LogP contribution in [0.15, 0.2) is 0 Å². The zero-order valence-electron chi connectivity index (χ0n) is 65.6. The Labute approximate surface area is 620 Å². The first-order chi connectivity index (χ1) is 49.4. The molecule has 0 aromatic heterocycles. The van der Waals surface area contributed by atoms with Gasteiger partial charge in [0.2, 0.25) is 11.8 Å². The Bertz CT molecular complexity index is 2080. The number of esters is 4. The summed E-state index contributed by atoms with van der Waals surface area (Å²) < 4.78 is 54.1. The van der Waals surface area contributed by atoms with Crippen LogP contribution in [0.5, 0.6) is 0 Å². The first-order valence-electron chi connectivity index (χ1n) is 42.1. The largest absolute Gasteiger partial charge is 0.469 e. The topological polar surface area (TPSA) is 289 Å². The second-order valence-corrected chi connectivity index (χ2v) is 30.8. The number of carbonyl (C=O) groups excluding carboxylic acids is 6. The molecule has 0 spiro atoms. The fourth-order valence-electron chi connectivity index (χ4n) is 13.4. The third kappa shape index (κ3) is 56.1. The number of unbranched alkanes of at least 4 members (excludes halogenated alkanes) is 42. The van der Waals surface area contributed by atoms with Gasteiger partial charge in [0.25, 0.3) is 0 Å².